The number of fused-ring (bicyclic) bond motifs is 2. The molecule has 0 saturated carbocycles. The van der Waals surface area contributed by atoms with Crippen LogP contribution in [0.15, 0.2) is 36.9 Å². The lowest BCUT2D eigenvalue weighted by atomic mass is 9.83. The number of benzene rings is 1. The number of rotatable bonds is 5. The van der Waals surface area contributed by atoms with Gasteiger partial charge in [0, 0.05) is 31.4 Å². The Hall–Kier alpha value is -1.85. The first kappa shape index (κ1) is 16.6. The maximum absolute atomic E-state index is 6.55. The lowest BCUT2D eigenvalue weighted by molar-refractivity contribution is -0.127. The monoisotopic (exact) mass is 341 g/mol. The number of ether oxygens (including phenoxy) is 2. The van der Waals surface area contributed by atoms with Crippen molar-refractivity contribution in [2.75, 3.05) is 20.2 Å². The second-order valence-electron chi connectivity index (χ2n) is 7.12. The van der Waals surface area contributed by atoms with Crippen molar-refractivity contribution in [3.63, 3.8) is 0 Å². The molecule has 0 N–H and O–H groups in total. The van der Waals surface area contributed by atoms with Crippen molar-refractivity contribution in [2.24, 2.45) is 0 Å². The highest BCUT2D eigenvalue weighted by molar-refractivity contribution is 5.43. The van der Waals surface area contributed by atoms with Gasteiger partial charge in [-0.25, -0.2) is 4.98 Å². The highest BCUT2D eigenvalue weighted by Gasteiger charge is 2.40. The highest BCUT2D eigenvalue weighted by atomic mass is 16.5. The van der Waals surface area contributed by atoms with E-state index in [2.05, 4.69) is 39.6 Å². The molecule has 5 nitrogen and oxygen atoms in total. The van der Waals surface area contributed by atoms with Gasteiger partial charge in [0.2, 0.25) is 0 Å². The molecular weight excluding hydrogens is 314 g/mol. The fourth-order valence-electron chi connectivity index (χ4n) is 4.38. The summed E-state index contributed by atoms with van der Waals surface area (Å²) in [5.41, 5.74) is 2.74. The highest BCUT2D eigenvalue weighted by Crippen LogP contribution is 2.35. The Morgan fingerprint density at radius 3 is 3.00 bits per heavy atom. The average molecular weight is 341 g/mol. The maximum atomic E-state index is 6.55. The van der Waals surface area contributed by atoms with Crippen molar-refractivity contribution in [1.82, 2.24) is 14.5 Å². The first-order valence-electron chi connectivity index (χ1n) is 9.28. The Labute approximate surface area is 149 Å². The molecule has 0 spiro atoms. The third kappa shape index (κ3) is 3.31. The van der Waals surface area contributed by atoms with Crippen LogP contribution >= 0.6 is 0 Å². The second kappa shape index (κ2) is 7.18. The lowest BCUT2D eigenvalue weighted by Crippen LogP contribution is -2.58. The standard InChI is InChI=1S/C20H27N3O2/c1-3-8-23-13-16(12-22-9-7-21-14-22)25-20-11-17-15(10-18(20)23)5-4-6-19(17)24-2/h4-7,9,14,16,18,20H,3,8,10-13H2,1-2H3/t16-,18?,20+/m0/s1. The van der Waals surface area contributed by atoms with Gasteiger partial charge in [-0.2, -0.15) is 0 Å². The van der Waals surface area contributed by atoms with Crippen molar-refractivity contribution < 1.29 is 9.47 Å². The Kier molecular flexibility index (Phi) is 4.77. The fraction of sp³-hybridized carbons (Fsp3) is 0.550. The van der Waals surface area contributed by atoms with E-state index < -0.39 is 0 Å². The molecule has 3 atom stereocenters. The molecule has 1 fully saturated rings. The zero-order valence-electron chi connectivity index (χ0n) is 15.1. The molecule has 1 aliphatic carbocycles. The molecule has 1 aromatic carbocycles. The Balaban J connectivity index is 1.58. The van der Waals surface area contributed by atoms with Gasteiger partial charge in [0.25, 0.3) is 0 Å². The summed E-state index contributed by atoms with van der Waals surface area (Å²) in [5, 5.41) is 0. The van der Waals surface area contributed by atoms with Gasteiger partial charge in [-0.1, -0.05) is 19.1 Å². The summed E-state index contributed by atoms with van der Waals surface area (Å²) in [4.78, 5) is 6.79. The Bertz CT molecular complexity index is 701. The van der Waals surface area contributed by atoms with Gasteiger partial charge in [0.15, 0.2) is 0 Å². The first-order valence-corrected chi connectivity index (χ1v) is 9.28. The molecule has 2 aliphatic rings. The van der Waals surface area contributed by atoms with Crippen LogP contribution in [-0.4, -0.2) is 52.9 Å². The third-order valence-electron chi connectivity index (χ3n) is 5.47. The van der Waals surface area contributed by atoms with Gasteiger partial charge in [-0.3, -0.25) is 4.90 Å². The molecule has 0 amide bonds. The van der Waals surface area contributed by atoms with Crippen molar-refractivity contribution in [2.45, 2.75) is 51.0 Å². The van der Waals surface area contributed by atoms with Crippen LogP contribution in [0.4, 0.5) is 0 Å². The van der Waals surface area contributed by atoms with E-state index in [0.717, 1.165) is 38.2 Å². The van der Waals surface area contributed by atoms with Crippen molar-refractivity contribution in [1.29, 1.82) is 0 Å². The van der Waals surface area contributed by atoms with Gasteiger partial charge in [-0.15, -0.1) is 0 Å². The SMILES string of the molecule is CCCN1C[C@H](Cn2ccnc2)O[C@@H]2Cc3c(cccc3OC)CC21. The van der Waals surface area contributed by atoms with Crippen molar-refractivity contribution >= 4 is 0 Å². The molecule has 1 aromatic heterocycles. The van der Waals surface area contributed by atoms with Gasteiger partial charge in [0.1, 0.15) is 5.75 Å². The summed E-state index contributed by atoms with van der Waals surface area (Å²) in [6, 6.07) is 6.89. The molecule has 0 radical (unpaired) electrons. The summed E-state index contributed by atoms with van der Waals surface area (Å²) >= 11 is 0. The van der Waals surface area contributed by atoms with E-state index in [1.165, 1.54) is 17.5 Å². The molecule has 134 valence electrons. The predicted molar refractivity (Wildman–Crippen MR) is 96.9 cm³/mol. The van der Waals surface area contributed by atoms with Crippen LogP contribution in [-0.2, 0) is 24.1 Å². The minimum Gasteiger partial charge on any atom is -0.496 e. The third-order valence-corrected chi connectivity index (χ3v) is 5.47. The first-order chi connectivity index (χ1) is 12.3. The molecule has 1 aliphatic heterocycles. The van der Waals surface area contributed by atoms with Crippen molar-refractivity contribution in [3.05, 3.63) is 48.0 Å². The van der Waals surface area contributed by atoms with Gasteiger partial charge in [0.05, 0.1) is 32.2 Å². The van der Waals surface area contributed by atoms with E-state index in [9.17, 15) is 0 Å². The van der Waals surface area contributed by atoms with Crippen LogP contribution in [0.3, 0.4) is 0 Å². The number of morpholine rings is 1. The molecule has 1 unspecified atom stereocenters. The minimum absolute atomic E-state index is 0.207. The Morgan fingerprint density at radius 1 is 1.32 bits per heavy atom. The van der Waals surface area contributed by atoms with Crippen LogP contribution in [0.25, 0.3) is 0 Å². The fourth-order valence-corrected chi connectivity index (χ4v) is 4.38. The summed E-state index contributed by atoms with van der Waals surface area (Å²) in [5.74, 6) is 0.998. The van der Waals surface area contributed by atoms with E-state index in [-0.39, 0.29) is 12.2 Å². The maximum Gasteiger partial charge on any atom is 0.122 e. The number of hydrogen-bond acceptors (Lipinski definition) is 4. The van der Waals surface area contributed by atoms with Gasteiger partial charge >= 0.3 is 0 Å². The van der Waals surface area contributed by atoms with E-state index in [1.54, 1.807) is 7.11 Å². The number of imidazole rings is 1. The summed E-state index contributed by atoms with van der Waals surface area (Å²) in [6.07, 6.45) is 9.32. The van der Waals surface area contributed by atoms with Gasteiger partial charge in [-0.05, 0) is 36.6 Å². The topological polar surface area (TPSA) is 39.5 Å². The van der Waals surface area contributed by atoms with E-state index in [1.807, 2.05) is 18.7 Å². The molecule has 0 bridgehead atoms. The number of methoxy groups -OCH3 is 1. The normalized spacial score (nSPS) is 26.1. The van der Waals surface area contributed by atoms with Gasteiger partial charge < -0.3 is 14.0 Å². The van der Waals surface area contributed by atoms with E-state index in [4.69, 9.17) is 9.47 Å². The average Bonchev–Trinajstić information content (AvgIpc) is 3.13. The van der Waals surface area contributed by atoms with Crippen LogP contribution in [0, 0.1) is 0 Å². The summed E-state index contributed by atoms with van der Waals surface area (Å²) < 4.78 is 14.3. The van der Waals surface area contributed by atoms with Crippen LogP contribution in [0.2, 0.25) is 0 Å². The molecule has 4 rings (SSSR count). The molecule has 5 heteroatoms. The summed E-state index contributed by atoms with van der Waals surface area (Å²) in [7, 11) is 1.76. The molecule has 2 aromatic rings. The van der Waals surface area contributed by atoms with Crippen LogP contribution in [0.5, 0.6) is 5.75 Å². The number of aromatic nitrogens is 2. The molecular formula is C20H27N3O2. The molecule has 25 heavy (non-hydrogen) atoms. The smallest absolute Gasteiger partial charge is 0.122 e. The summed E-state index contributed by atoms with van der Waals surface area (Å²) in [6.45, 7) is 5.24. The predicted octanol–water partition coefficient (Wildman–Crippen LogP) is 2.54. The lowest BCUT2D eigenvalue weighted by Gasteiger charge is -2.47. The van der Waals surface area contributed by atoms with E-state index in [0.29, 0.717) is 6.04 Å². The largest absolute Gasteiger partial charge is 0.496 e. The number of nitrogens with zero attached hydrogens (tertiary/aromatic N) is 3. The van der Waals surface area contributed by atoms with Crippen LogP contribution in [0.1, 0.15) is 24.5 Å². The second-order valence-corrected chi connectivity index (χ2v) is 7.12. The molecule has 1 saturated heterocycles. The van der Waals surface area contributed by atoms with E-state index >= 15 is 0 Å². The minimum atomic E-state index is 0.207. The van der Waals surface area contributed by atoms with Crippen LogP contribution < -0.4 is 4.74 Å². The molecule has 2 heterocycles. The quantitative estimate of drug-likeness (QED) is 0.838. The zero-order valence-corrected chi connectivity index (χ0v) is 15.1. The zero-order chi connectivity index (χ0) is 17.2. The van der Waals surface area contributed by atoms with Crippen molar-refractivity contribution in [3.8, 4) is 5.75 Å². The number of hydrogen-bond donors (Lipinski definition) is 0. The Morgan fingerprint density at radius 2 is 2.24 bits per heavy atom.